The molecule has 28 heavy (non-hydrogen) atoms. The van der Waals surface area contributed by atoms with Gasteiger partial charge in [0.1, 0.15) is 0 Å². The summed E-state index contributed by atoms with van der Waals surface area (Å²) < 4.78 is 26.8. The minimum atomic E-state index is -3.59. The molecule has 0 spiro atoms. The molecule has 0 aromatic heterocycles. The summed E-state index contributed by atoms with van der Waals surface area (Å²) >= 11 is 0. The maximum absolute atomic E-state index is 12.7. The van der Waals surface area contributed by atoms with Gasteiger partial charge in [-0.1, -0.05) is 43.3 Å². The van der Waals surface area contributed by atoms with Crippen LogP contribution in [-0.2, 0) is 10.0 Å². The van der Waals surface area contributed by atoms with Crippen molar-refractivity contribution >= 4 is 15.9 Å². The van der Waals surface area contributed by atoms with E-state index in [2.05, 4.69) is 27.1 Å². The zero-order valence-electron chi connectivity index (χ0n) is 16.1. The Labute approximate surface area is 167 Å². The minimum Gasteiger partial charge on any atom is -0.350 e. The minimum absolute atomic E-state index is 0.0983. The Balaban J connectivity index is 1.73. The molecule has 2 N–H and O–H groups in total. The molecule has 0 saturated carbocycles. The second-order valence-corrected chi connectivity index (χ2v) is 8.68. The monoisotopic (exact) mass is 401 g/mol. The molecule has 2 aromatic carbocycles. The van der Waals surface area contributed by atoms with Gasteiger partial charge in [-0.2, -0.15) is 0 Å². The van der Waals surface area contributed by atoms with E-state index < -0.39 is 10.0 Å². The standard InChI is InChI=1S/C21H27N3O3S/c1-2-23-28(26,27)19-12-8-11-18(15-19)21(25)22-16-20(24-13-6-7-14-24)17-9-4-3-5-10-17/h3-5,8-12,15,20,23H,2,6-7,13-14,16H2,1H3,(H,22,25). The number of rotatable bonds is 8. The number of benzene rings is 2. The summed E-state index contributed by atoms with van der Waals surface area (Å²) in [5.74, 6) is -0.270. The molecule has 1 aliphatic heterocycles. The average molecular weight is 402 g/mol. The molecule has 0 aliphatic carbocycles. The number of carbonyl (C=O) groups excluding carboxylic acids is 1. The van der Waals surface area contributed by atoms with Crippen molar-refractivity contribution in [2.75, 3.05) is 26.2 Å². The van der Waals surface area contributed by atoms with Crippen LogP contribution in [0.15, 0.2) is 59.5 Å². The molecule has 1 saturated heterocycles. The summed E-state index contributed by atoms with van der Waals surface area (Å²) in [6.45, 7) is 4.54. The van der Waals surface area contributed by atoms with Crippen LogP contribution in [0, 0.1) is 0 Å². The predicted octanol–water partition coefficient (Wildman–Crippen LogP) is 2.55. The number of hydrogen-bond acceptors (Lipinski definition) is 4. The molecular formula is C21H27N3O3S. The SMILES string of the molecule is CCNS(=O)(=O)c1cccc(C(=O)NCC(c2ccccc2)N2CCCC2)c1. The first-order valence-electron chi connectivity index (χ1n) is 9.68. The van der Waals surface area contributed by atoms with E-state index in [1.807, 2.05) is 18.2 Å². The molecule has 1 amide bonds. The van der Waals surface area contributed by atoms with E-state index in [1.165, 1.54) is 30.5 Å². The van der Waals surface area contributed by atoms with Gasteiger partial charge < -0.3 is 5.32 Å². The summed E-state index contributed by atoms with van der Waals surface area (Å²) in [5.41, 5.74) is 1.51. The lowest BCUT2D eigenvalue weighted by Gasteiger charge is -2.28. The molecule has 0 radical (unpaired) electrons. The van der Waals surface area contributed by atoms with Crippen LogP contribution in [0.2, 0.25) is 0 Å². The van der Waals surface area contributed by atoms with Crippen molar-refractivity contribution in [2.24, 2.45) is 0 Å². The zero-order valence-corrected chi connectivity index (χ0v) is 16.9. The Bertz CT molecular complexity index is 894. The molecule has 7 heteroatoms. The van der Waals surface area contributed by atoms with Crippen LogP contribution in [0.4, 0.5) is 0 Å². The van der Waals surface area contributed by atoms with E-state index in [4.69, 9.17) is 0 Å². The van der Waals surface area contributed by atoms with Gasteiger partial charge in [-0.25, -0.2) is 13.1 Å². The van der Waals surface area contributed by atoms with Gasteiger partial charge in [-0.3, -0.25) is 9.69 Å². The summed E-state index contributed by atoms with van der Waals surface area (Å²) in [5, 5.41) is 2.99. The zero-order chi connectivity index (χ0) is 20.0. The van der Waals surface area contributed by atoms with E-state index in [0.717, 1.165) is 13.1 Å². The Morgan fingerprint density at radius 1 is 1.07 bits per heavy atom. The maximum atomic E-state index is 12.7. The summed E-state index contributed by atoms with van der Waals surface area (Å²) in [4.78, 5) is 15.2. The first kappa shape index (κ1) is 20.5. The predicted molar refractivity (Wildman–Crippen MR) is 110 cm³/mol. The fourth-order valence-corrected chi connectivity index (χ4v) is 4.64. The number of carbonyl (C=O) groups is 1. The second kappa shape index (κ2) is 9.32. The summed E-state index contributed by atoms with van der Waals surface area (Å²) in [7, 11) is -3.59. The van der Waals surface area contributed by atoms with Crippen LogP contribution >= 0.6 is 0 Å². The highest BCUT2D eigenvalue weighted by Gasteiger charge is 2.24. The van der Waals surface area contributed by atoms with Crippen LogP contribution in [0.3, 0.4) is 0 Å². The first-order valence-corrected chi connectivity index (χ1v) is 11.2. The van der Waals surface area contributed by atoms with Crippen molar-refractivity contribution < 1.29 is 13.2 Å². The summed E-state index contributed by atoms with van der Waals surface area (Å²) in [6.07, 6.45) is 2.34. The van der Waals surface area contributed by atoms with Crippen LogP contribution in [0.25, 0.3) is 0 Å². The van der Waals surface area contributed by atoms with Gasteiger partial charge >= 0.3 is 0 Å². The van der Waals surface area contributed by atoms with Crippen molar-refractivity contribution in [1.82, 2.24) is 14.9 Å². The van der Waals surface area contributed by atoms with Gasteiger partial charge in [0.25, 0.3) is 5.91 Å². The third kappa shape index (κ3) is 4.98. The molecule has 6 nitrogen and oxygen atoms in total. The lowest BCUT2D eigenvalue weighted by Crippen LogP contribution is -2.36. The highest BCUT2D eigenvalue weighted by atomic mass is 32.2. The van der Waals surface area contributed by atoms with E-state index in [9.17, 15) is 13.2 Å². The van der Waals surface area contributed by atoms with Crippen molar-refractivity contribution in [3.05, 3.63) is 65.7 Å². The first-order chi connectivity index (χ1) is 13.5. The fourth-order valence-electron chi connectivity index (χ4n) is 3.56. The van der Waals surface area contributed by atoms with Gasteiger partial charge in [-0.05, 0) is 49.7 Å². The summed E-state index contributed by atoms with van der Waals surface area (Å²) in [6, 6.07) is 16.4. The lowest BCUT2D eigenvalue weighted by atomic mass is 10.1. The fraction of sp³-hybridized carbons (Fsp3) is 0.381. The van der Waals surface area contributed by atoms with E-state index >= 15 is 0 Å². The molecule has 3 rings (SSSR count). The van der Waals surface area contributed by atoms with Gasteiger partial charge in [0.2, 0.25) is 10.0 Å². The molecule has 2 aromatic rings. The molecule has 1 heterocycles. The number of sulfonamides is 1. The normalized spacial score (nSPS) is 16.0. The number of hydrogen-bond donors (Lipinski definition) is 2. The molecule has 1 atom stereocenters. The Hall–Kier alpha value is -2.22. The highest BCUT2D eigenvalue weighted by Crippen LogP contribution is 2.24. The molecule has 150 valence electrons. The van der Waals surface area contributed by atoms with E-state index in [1.54, 1.807) is 19.1 Å². The smallest absolute Gasteiger partial charge is 0.251 e. The van der Waals surface area contributed by atoms with E-state index in [-0.39, 0.29) is 16.8 Å². The third-order valence-electron chi connectivity index (χ3n) is 4.96. The van der Waals surface area contributed by atoms with Crippen LogP contribution in [-0.4, -0.2) is 45.4 Å². The molecular weight excluding hydrogens is 374 g/mol. The van der Waals surface area contributed by atoms with Gasteiger partial charge in [-0.15, -0.1) is 0 Å². The number of amides is 1. The van der Waals surface area contributed by atoms with Gasteiger partial charge in [0.15, 0.2) is 0 Å². The Kier molecular flexibility index (Phi) is 6.83. The van der Waals surface area contributed by atoms with Crippen molar-refractivity contribution in [3.8, 4) is 0 Å². The van der Waals surface area contributed by atoms with Crippen LogP contribution in [0.5, 0.6) is 0 Å². The van der Waals surface area contributed by atoms with Gasteiger partial charge in [0, 0.05) is 18.7 Å². The van der Waals surface area contributed by atoms with Gasteiger partial charge in [0.05, 0.1) is 10.9 Å². The van der Waals surface area contributed by atoms with E-state index in [0.29, 0.717) is 18.7 Å². The van der Waals surface area contributed by atoms with Crippen molar-refractivity contribution in [3.63, 3.8) is 0 Å². The topological polar surface area (TPSA) is 78.5 Å². The largest absolute Gasteiger partial charge is 0.350 e. The number of likely N-dealkylation sites (tertiary alicyclic amines) is 1. The quantitative estimate of drug-likeness (QED) is 0.713. The third-order valence-corrected chi connectivity index (χ3v) is 6.51. The van der Waals surface area contributed by atoms with Crippen molar-refractivity contribution in [2.45, 2.75) is 30.7 Å². The van der Waals surface area contributed by atoms with Crippen molar-refractivity contribution in [1.29, 1.82) is 0 Å². The highest BCUT2D eigenvalue weighted by molar-refractivity contribution is 7.89. The van der Waals surface area contributed by atoms with Crippen LogP contribution in [0.1, 0.15) is 41.7 Å². The Morgan fingerprint density at radius 2 is 1.79 bits per heavy atom. The number of nitrogens with one attached hydrogen (secondary N) is 2. The number of nitrogens with zero attached hydrogens (tertiary/aromatic N) is 1. The second-order valence-electron chi connectivity index (χ2n) is 6.91. The van der Waals surface area contributed by atoms with Crippen LogP contribution < -0.4 is 10.0 Å². The lowest BCUT2D eigenvalue weighted by molar-refractivity contribution is 0.0937. The average Bonchev–Trinajstić information content (AvgIpc) is 3.23. The Morgan fingerprint density at radius 3 is 2.46 bits per heavy atom. The molecule has 0 bridgehead atoms. The molecule has 1 aliphatic rings. The molecule has 1 unspecified atom stereocenters. The maximum Gasteiger partial charge on any atom is 0.251 e. The molecule has 1 fully saturated rings.